The summed E-state index contributed by atoms with van der Waals surface area (Å²) in [7, 11) is 0. The van der Waals surface area contributed by atoms with E-state index in [1.807, 2.05) is 0 Å². The Balaban J connectivity index is 2.27. The van der Waals surface area contributed by atoms with Gasteiger partial charge in [-0.2, -0.15) is 0 Å². The Morgan fingerprint density at radius 2 is 2.23 bits per heavy atom. The topological polar surface area (TPSA) is 15.3 Å². The van der Waals surface area contributed by atoms with Gasteiger partial charge in [0.15, 0.2) is 0 Å². The molecule has 0 amide bonds. The van der Waals surface area contributed by atoms with E-state index >= 15 is 0 Å². The van der Waals surface area contributed by atoms with Crippen LogP contribution in [0.5, 0.6) is 0 Å². The number of hydrogen-bond acceptors (Lipinski definition) is 2. The number of nitrogens with zero attached hydrogens (tertiary/aromatic N) is 1. The molecule has 1 saturated heterocycles. The van der Waals surface area contributed by atoms with Crippen molar-refractivity contribution in [1.29, 1.82) is 0 Å². The summed E-state index contributed by atoms with van der Waals surface area (Å²) in [5.74, 6) is 0.840. The van der Waals surface area contributed by atoms with Crippen LogP contribution in [-0.4, -0.2) is 37.1 Å². The fourth-order valence-corrected chi connectivity index (χ4v) is 1.92. The second-order valence-electron chi connectivity index (χ2n) is 4.48. The van der Waals surface area contributed by atoms with E-state index in [0.29, 0.717) is 0 Å². The summed E-state index contributed by atoms with van der Waals surface area (Å²) in [5, 5.41) is 3.46. The molecule has 1 unspecified atom stereocenters. The average molecular weight is 184 g/mol. The van der Waals surface area contributed by atoms with Crippen LogP contribution in [0.25, 0.3) is 0 Å². The van der Waals surface area contributed by atoms with Crippen LogP contribution < -0.4 is 5.32 Å². The summed E-state index contributed by atoms with van der Waals surface area (Å²) in [4.78, 5) is 2.65. The van der Waals surface area contributed by atoms with Crippen molar-refractivity contribution in [2.75, 3.05) is 26.2 Å². The maximum Gasteiger partial charge on any atom is 0.0218 e. The quantitative estimate of drug-likeness (QED) is 0.715. The SMILES string of the molecule is CCC1CNCCN1CCC(C)C. The van der Waals surface area contributed by atoms with E-state index in [9.17, 15) is 0 Å². The van der Waals surface area contributed by atoms with Gasteiger partial charge in [0.25, 0.3) is 0 Å². The van der Waals surface area contributed by atoms with Crippen molar-refractivity contribution in [1.82, 2.24) is 10.2 Å². The molecule has 1 atom stereocenters. The lowest BCUT2D eigenvalue weighted by molar-refractivity contribution is 0.149. The van der Waals surface area contributed by atoms with E-state index < -0.39 is 0 Å². The molecule has 1 aliphatic heterocycles. The third-order valence-corrected chi connectivity index (χ3v) is 2.94. The molecule has 0 saturated carbocycles. The van der Waals surface area contributed by atoms with Crippen molar-refractivity contribution < 1.29 is 0 Å². The summed E-state index contributed by atoms with van der Waals surface area (Å²) in [5.41, 5.74) is 0. The molecule has 2 nitrogen and oxygen atoms in total. The highest BCUT2D eigenvalue weighted by Crippen LogP contribution is 2.10. The van der Waals surface area contributed by atoms with Gasteiger partial charge in [0, 0.05) is 25.7 Å². The molecule has 2 heteroatoms. The maximum atomic E-state index is 3.46. The molecule has 0 spiro atoms. The number of rotatable bonds is 4. The molecule has 0 aliphatic carbocycles. The Labute approximate surface area is 82.7 Å². The molecule has 13 heavy (non-hydrogen) atoms. The van der Waals surface area contributed by atoms with Gasteiger partial charge in [-0.15, -0.1) is 0 Å². The van der Waals surface area contributed by atoms with Crippen LogP contribution in [0.2, 0.25) is 0 Å². The normalized spacial score (nSPS) is 25.4. The van der Waals surface area contributed by atoms with Crippen LogP contribution in [0.4, 0.5) is 0 Å². The third-order valence-electron chi connectivity index (χ3n) is 2.94. The zero-order valence-corrected chi connectivity index (χ0v) is 9.34. The predicted molar refractivity (Wildman–Crippen MR) is 58.0 cm³/mol. The van der Waals surface area contributed by atoms with Gasteiger partial charge in [-0.3, -0.25) is 4.90 Å². The van der Waals surface area contributed by atoms with Gasteiger partial charge in [0.05, 0.1) is 0 Å². The summed E-state index contributed by atoms with van der Waals surface area (Å²) in [6.45, 7) is 11.8. The summed E-state index contributed by atoms with van der Waals surface area (Å²) >= 11 is 0. The lowest BCUT2D eigenvalue weighted by Crippen LogP contribution is -2.51. The zero-order chi connectivity index (χ0) is 9.68. The minimum Gasteiger partial charge on any atom is -0.314 e. The second kappa shape index (κ2) is 5.61. The number of hydrogen-bond donors (Lipinski definition) is 1. The Hall–Kier alpha value is -0.0800. The maximum absolute atomic E-state index is 3.46. The molecule has 1 N–H and O–H groups in total. The molecule has 0 aromatic rings. The number of piperazine rings is 1. The van der Waals surface area contributed by atoms with Crippen LogP contribution in [0.15, 0.2) is 0 Å². The van der Waals surface area contributed by atoms with Crippen LogP contribution >= 0.6 is 0 Å². The van der Waals surface area contributed by atoms with Crippen molar-refractivity contribution in [2.24, 2.45) is 5.92 Å². The first-order valence-electron chi connectivity index (χ1n) is 5.68. The fraction of sp³-hybridized carbons (Fsp3) is 1.00. The summed E-state index contributed by atoms with van der Waals surface area (Å²) in [6.07, 6.45) is 2.63. The van der Waals surface area contributed by atoms with Crippen molar-refractivity contribution in [3.8, 4) is 0 Å². The first kappa shape index (κ1) is 11.0. The Kier molecular flexibility index (Phi) is 4.74. The molecule has 0 radical (unpaired) electrons. The molecule has 0 aromatic heterocycles. The lowest BCUT2D eigenvalue weighted by Gasteiger charge is -2.36. The van der Waals surface area contributed by atoms with Crippen molar-refractivity contribution in [3.63, 3.8) is 0 Å². The van der Waals surface area contributed by atoms with Gasteiger partial charge in [-0.1, -0.05) is 20.8 Å². The molecule has 1 aliphatic rings. The molecule has 0 bridgehead atoms. The van der Waals surface area contributed by atoms with Gasteiger partial charge in [0.2, 0.25) is 0 Å². The molecule has 78 valence electrons. The molecule has 1 heterocycles. The molecular formula is C11H24N2. The van der Waals surface area contributed by atoms with E-state index in [2.05, 4.69) is 31.0 Å². The largest absolute Gasteiger partial charge is 0.314 e. The number of nitrogens with one attached hydrogen (secondary N) is 1. The van der Waals surface area contributed by atoms with Crippen LogP contribution in [0.3, 0.4) is 0 Å². The lowest BCUT2D eigenvalue weighted by atomic mass is 10.1. The Bertz CT molecular complexity index is 134. The third kappa shape index (κ3) is 3.65. The van der Waals surface area contributed by atoms with Gasteiger partial charge in [-0.25, -0.2) is 0 Å². The first-order chi connectivity index (χ1) is 6.24. The first-order valence-corrected chi connectivity index (χ1v) is 5.68. The highest BCUT2D eigenvalue weighted by atomic mass is 15.2. The Morgan fingerprint density at radius 1 is 1.46 bits per heavy atom. The van der Waals surface area contributed by atoms with E-state index in [-0.39, 0.29) is 0 Å². The van der Waals surface area contributed by atoms with Crippen molar-refractivity contribution in [2.45, 2.75) is 39.7 Å². The van der Waals surface area contributed by atoms with E-state index in [1.165, 1.54) is 39.0 Å². The summed E-state index contributed by atoms with van der Waals surface area (Å²) in [6, 6.07) is 0.785. The molecular weight excluding hydrogens is 160 g/mol. The Morgan fingerprint density at radius 3 is 2.85 bits per heavy atom. The zero-order valence-electron chi connectivity index (χ0n) is 9.34. The van der Waals surface area contributed by atoms with Crippen molar-refractivity contribution in [3.05, 3.63) is 0 Å². The standard InChI is InChI=1S/C11H24N2/c1-4-11-9-12-6-8-13(11)7-5-10(2)3/h10-12H,4-9H2,1-3H3. The molecule has 1 fully saturated rings. The van der Waals surface area contributed by atoms with Gasteiger partial charge in [0.1, 0.15) is 0 Å². The fourth-order valence-electron chi connectivity index (χ4n) is 1.92. The smallest absolute Gasteiger partial charge is 0.0218 e. The van der Waals surface area contributed by atoms with Gasteiger partial charge < -0.3 is 5.32 Å². The second-order valence-corrected chi connectivity index (χ2v) is 4.48. The van der Waals surface area contributed by atoms with Crippen molar-refractivity contribution >= 4 is 0 Å². The van der Waals surface area contributed by atoms with E-state index in [1.54, 1.807) is 0 Å². The average Bonchev–Trinajstić information content (AvgIpc) is 2.15. The van der Waals surface area contributed by atoms with Gasteiger partial charge in [-0.05, 0) is 25.3 Å². The minimum absolute atomic E-state index is 0.785. The van der Waals surface area contributed by atoms with E-state index in [4.69, 9.17) is 0 Å². The molecule has 0 aromatic carbocycles. The van der Waals surface area contributed by atoms with E-state index in [0.717, 1.165) is 12.0 Å². The molecule has 1 rings (SSSR count). The van der Waals surface area contributed by atoms with Gasteiger partial charge >= 0.3 is 0 Å². The van der Waals surface area contributed by atoms with Crippen LogP contribution in [0.1, 0.15) is 33.6 Å². The highest BCUT2D eigenvalue weighted by molar-refractivity contribution is 4.78. The predicted octanol–water partition coefficient (Wildman–Crippen LogP) is 1.72. The highest BCUT2D eigenvalue weighted by Gasteiger charge is 2.19. The summed E-state index contributed by atoms with van der Waals surface area (Å²) < 4.78 is 0. The van der Waals surface area contributed by atoms with Crippen LogP contribution in [0, 0.1) is 5.92 Å². The minimum atomic E-state index is 0.785. The van der Waals surface area contributed by atoms with Crippen LogP contribution in [-0.2, 0) is 0 Å². The monoisotopic (exact) mass is 184 g/mol.